The summed E-state index contributed by atoms with van der Waals surface area (Å²) in [5.74, 6) is -0.0646. The maximum absolute atomic E-state index is 11.6. The first kappa shape index (κ1) is 12.2. The number of carbonyl (C=O) groups is 1. The first-order chi connectivity index (χ1) is 7.63. The largest absolute Gasteiger partial charge is 0.399 e. The van der Waals surface area contributed by atoms with Crippen molar-refractivity contribution in [3.8, 4) is 0 Å². The quantitative estimate of drug-likeness (QED) is 0.621. The van der Waals surface area contributed by atoms with Gasteiger partial charge in [-0.3, -0.25) is 4.79 Å². The fraction of sp³-hybridized carbons (Fsp3) is 0.333. The lowest BCUT2D eigenvalue weighted by Gasteiger charge is -2.07. The number of oxime groups is 1. The van der Waals surface area contributed by atoms with Crippen LogP contribution in [0.15, 0.2) is 29.4 Å². The van der Waals surface area contributed by atoms with E-state index in [2.05, 4.69) is 15.3 Å². The van der Waals surface area contributed by atoms with E-state index in [4.69, 9.17) is 0 Å². The van der Waals surface area contributed by atoms with E-state index < -0.39 is 0 Å². The van der Waals surface area contributed by atoms with E-state index in [0.717, 1.165) is 5.56 Å². The molecule has 0 saturated heterocycles. The highest BCUT2D eigenvalue weighted by Gasteiger charge is 2.05. The number of hydrogen-bond donors (Lipinski definition) is 1. The van der Waals surface area contributed by atoms with Crippen LogP contribution < -0.4 is 5.32 Å². The normalized spacial score (nSPS) is 10.8. The van der Waals surface area contributed by atoms with Gasteiger partial charge >= 0.3 is 0 Å². The molecule has 1 rings (SSSR count). The molecule has 4 nitrogen and oxygen atoms in total. The van der Waals surface area contributed by atoms with Gasteiger partial charge in [0.2, 0.25) is 0 Å². The van der Waals surface area contributed by atoms with E-state index in [0.29, 0.717) is 5.56 Å². The summed E-state index contributed by atoms with van der Waals surface area (Å²) in [5, 5.41) is 6.46. The van der Waals surface area contributed by atoms with Crippen LogP contribution in [0.5, 0.6) is 0 Å². The van der Waals surface area contributed by atoms with Gasteiger partial charge in [0.25, 0.3) is 5.91 Å². The van der Waals surface area contributed by atoms with Gasteiger partial charge in [0.15, 0.2) is 0 Å². The van der Waals surface area contributed by atoms with Crippen LogP contribution in [0.1, 0.15) is 29.8 Å². The van der Waals surface area contributed by atoms with Crippen LogP contribution >= 0.6 is 0 Å². The predicted octanol–water partition coefficient (Wildman–Crippen LogP) is 1.81. The summed E-state index contributed by atoms with van der Waals surface area (Å²) < 4.78 is 0. The Hall–Kier alpha value is -1.84. The number of amides is 1. The molecule has 4 heteroatoms. The standard InChI is InChI=1S/C12H16N2O2/c1-9(2)14-12(15)11-6-4-10(5-7-11)8-13-16-3/h4-9H,1-3H3,(H,14,15)/b13-8+. The molecule has 0 aliphatic carbocycles. The van der Waals surface area contributed by atoms with E-state index in [1.165, 1.54) is 7.11 Å². The molecule has 0 fully saturated rings. The fourth-order valence-electron chi connectivity index (χ4n) is 1.18. The minimum absolute atomic E-state index is 0.0646. The number of nitrogens with one attached hydrogen (secondary N) is 1. The fourth-order valence-corrected chi connectivity index (χ4v) is 1.18. The summed E-state index contributed by atoms with van der Waals surface area (Å²) in [5.41, 5.74) is 1.53. The minimum Gasteiger partial charge on any atom is -0.399 e. The van der Waals surface area contributed by atoms with Gasteiger partial charge in [-0.15, -0.1) is 0 Å². The highest BCUT2D eigenvalue weighted by molar-refractivity contribution is 5.95. The van der Waals surface area contributed by atoms with Gasteiger partial charge in [-0.2, -0.15) is 0 Å². The Balaban J connectivity index is 2.71. The Morgan fingerprint density at radius 2 is 2.00 bits per heavy atom. The summed E-state index contributed by atoms with van der Waals surface area (Å²) in [4.78, 5) is 16.2. The lowest BCUT2D eigenvalue weighted by molar-refractivity contribution is 0.0943. The third-order valence-electron chi connectivity index (χ3n) is 1.90. The molecule has 0 bridgehead atoms. The van der Waals surface area contributed by atoms with Gasteiger partial charge in [0.1, 0.15) is 7.11 Å². The van der Waals surface area contributed by atoms with Crippen molar-refractivity contribution < 1.29 is 9.63 Å². The molecule has 0 atom stereocenters. The van der Waals surface area contributed by atoms with Crippen LogP contribution in [-0.4, -0.2) is 25.3 Å². The Morgan fingerprint density at radius 3 is 2.50 bits per heavy atom. The molecule has 0 radical (unpaired) electrons. The predicted molar refractivity (Wildman–Crippen MR) is 63.6 cm³/mol. The Morgan fingerprint density at radius 1 is 1.38 bits per heavy atom. The second kappa shape index (κ2) is 5.90. The highest BCUT2D eigenvalue weighted by Crippen LogP contribution is 2.03. The van der Waals surface area contributed by atoms with Crippen molar-refractivity contribution in [1.82, 2.24) is 5.32 Å². The van der Waals surface area contributed by atoms with Crippen LogP contribution in [0.4, 0.5) is 0 Å². The van der Waals surface area contributed by atoms with Gasteiger partial charge < -0.3 is 10.2 Å². The van der Waals surface area contributed by atoms with Crippen molar-refractivity contribution in [2.75, 3.05) is 7.11 Å². The second-order valence-corrected chi connectivity index (χ2v) is 3.67. The third kappa shape index (κ3) is 3.73. The van der Waals surface area contributed by atoms with E-state index in [9.17, 15) is 4.79 Å². The van der Waals surface area contributed by atoms with Crippen molar-refractivity contribution in [2.24, 2.45) is 5.16 Å². The molecular weight excluding hydrogens is 204 g/mol. The van der Waals surface area contributed by atoms with Gasteiger partial charge in [0.05, 0.1) is 6.21 Å². The Bertz CT molecular complexity index is 369. The van der Waals surface area contributed by atoms with Crippen LogP contribution in [0, 0.1) is 0 Å². The van der Waals surface area contributed by atoms with Crippen molar-refractivity contribution in [2.45, 2.75) is 19.9 Å². The number of benzene rings is 1. The molecule has 0 aliphatic rings. The monoisotopic (exact) mass is 220 g/mol. The molecule has 0 heterocycles. The van der Waals surface area contributed by atoms with Crippen molar-refractivity contribution in [1.29, 1.82) is 0 Å². The van der Waals surface area contributed by atoms with Crippen molar-refractivity contribution >= 4 is 12.1 Å². The van der Waals surface area contributed by atoms with Crippen molar-refractivity contribution in [3.05, 3.63) is 35.4 Å². The zero-order chi connectivity index (χ0) is 12.0. The first-order valence-electron chi connectivity index (χ1n) is 5.11. The molecule has 1 amide bonds. The summed E-state index contributed by atoms with van der Waals surface area (Å²) in [6, 6.07) is 7.29. The maximum Gasteiger partial charge on any atom is 0.251 e. The van der Waals surface area contributed by atoms with E-state index in [1.54, 1.807) is 18.3 Å². The van der Waals surface area contributed by atoms with Gasteiger partial charge in [-0.25, -0.2) is 0 Å². The van der Waals surface area contributed by atoms with Crippen LogP contribution in [0.2, 0.25) is 0 Å². The second-order valence-electron chi connectivity index (χ2n) is 3.67. The molecule has 0 saturated carbocycles. The minimum atomic E-state index is -0.0646. The average Bonchev–Trinajstić information content (AvgIpc) is 2.26. The SMILES string of the molecule is CO/N=C/c1ccc(C(=O)NC(C)C)cc1. The van der Waals surface area contributed by atoms with Gasteiger partial charge in [0, 0.05) is 11.6 Å². The number of rotatable bonds is 4. The number of nitrogens with zero attached hydrogens (tertiary/aromatic N) is 1. The molecule has 1 aromatic carbocycles. The molecule has 1 aromatic rings. The summed E-state index contributed by atoms with van der Waals surface area (Å²) in [6.45, 7) is 3.86. The van der Waals surface area contributed by atoms with E-state index >= 15 is 0 Å². The maximum atomic E-state index is 11.6. The summed E-state index contributed by atoms with van der Waals surface area (Å²) >= 11 is 0. The lowest BCUT2D eigenvalue weighted by Crippen LogP contribution is -2.29. The third-order valence-corrected chi connectivity index (χ3v) is 1.90. The lowest BCUT2D eigenvalue weighted by atomic mass is 10.1. The molecule has 16 heavy (non-hydrogen) atoms. The molecule has 0 unspecified atom stereocenters. The number of hydrogen-bond acceptors (Lipinski definition) is 3. The average molecular weight is 220 g/mol. The van der Waals surface area contributed by atoms with Gasteiger partial charge in [-0.05, 0) is 31.5 Å². The summed E-state index contributed by atoms with van der Waals surface area (Å²) in [7, 11) is 1.49. The zero-order valence-electron chi connectivity index (χ0n) is 9.73. The number of carbonyl (C=O) groups excluding carboxylic acids is 1. The molecule has 0 aliphatic heterocycles. The topological polar surface area (TPSA) is 50.7 Å². The van der Waals surface area contributed by atoms with E-state index in [1.807, 2.05) is 26.0 Å². The smallest absolute Gasteiger partial charge is 0.251 e. The molecule has 86 valence electrons. The van der Waals surface area contributed by atoms with Crippen molar-refractivity contribution in [3.63, 3.8) is 0 Å². The van der Waals surface area contributed by atoms with Gasteiger partial charge in [-0.1, -0.05) is 17.3 Å². The highest BCUT2D eigenvalue weighted by atomic mass is 16.6. The van der Waals surface area contributed by atoms with Crippen LogP contribution in [0.25, 0.3) is 0 Å². The molecule has 0 aromatic heterocycles. The zero-order valence-corrected chi connectivity index (χ0v) is 9.73. The van der Waals surface area contributed by atoms with Crippen LogP contribution in [0.3, 0.4) is 0 Å². The molecule has 0 spiro atoms. The first-order valence-corrected chi connectivity index (χ1v) is 5.11. The Labute approximate surface area is 95.3 Å². The Kier molecular flexibility index (Phi) is 4.51. The summed E-state index contributed by atoms with van der Waals surface area (Å²) in [6.07, 6.45) is 1.59. The molecular formula is C12H16N2O2. The van der Waals surface area contributed by atoms with E-state index in [-0.39, 0.29) is 11.9 Å². The van der Waals surface area contributed by atoms with Crippen LogP contribution in [-0.2, 0) is 4.84 Å². The molecule has 1 N–H and O–H groups in total.